The number of nitrogens with zero attached hydrogens (tertiary/aromatic N) is 1. The van der Waals surface area contributed by atoms with E-state index in [4.69, 9.17) is 23.7 Å². The molecule has 2 atom stereocenters. The Bertz CT molecular complexity index is 891. The maximum Gasteiger partial charge on any atom is 0.157 e. The van der Waals surface area contributed by atoms with Crippen molar-refractivity contribution < 1.29 is 23.7 Å². The summed E-state index contributed by atoms with van der Waals surface area (Å²) in [6.07, 6.45) is 7.02. The van der Waals surface area contributed by atoms with Gasteiger partial charge in [0.2, 0.25) is 0 Å². The highest BCUT2D eigenvalue weighted by molar-refractivity contribution is 5.32. The summed E-state index contributed by atoms with van der Waals surface area (Å²) < 4.78 is 28.6. The predicted octanol–water partition coefficient (Wildman–Crippen LogP) is 4.50. The monoisotopic (exact) mass is 437 g/mol. The van der Waals surface area contributed by atoms with Crippen LogP contribution in [0.4, 0.5) is 0 Å². The van der Waals surface area contributed by atoms with Crippen molar-refractivity contribution in [3.05, 3.63) is 53.9 Å². The van der Waals surface area contributed by atoms with Crippen LogP contribution in [-0.4, -0.2) is 43.3 Å². The van der Waals surface area contributed by atoms with Gasteiger partial charge in [-0.05, 0) is 61.9 Å². The van der Waals surface area contributed by atoms with Gasteiger partial charge < -0.3 is 23.7 Å². The third kappa shape index (κ3) is 6.70. The molecule has 6 nitrogen and oxygen atoms in total. The van der Waals surface area contributed by atoms with Crippen LogP contribution < -0.4 is 9.47 Å². The summed E-state index contributed by atoms with van der Waals surface area (Å²) in [4.78, 5) is 4.39. The number of rotatable bonds is 8. The van der Waals surface area contributed by atoms with Crippen LogP contribution in [0.25, 0.3) is 0 Å². The normalized spacial score (nSPS) is 23.4. The molecule has 1 aromatic carbocycles. The number of hydrogen-bond donors (Lipinski definition) is 0. The Morgan fingerprint density at radius 3 is 2.56 bits per heavy atom. The summed E-state index contributed by atoms with van der Waals surface area (Å²) in [5.41, 5.74) is 1.77. The predicted molar refractivity (Wildman–Crippen MR) is 120 cm³/mol. The van der Waals surface area contributed by atoms with Crippen LogP contribution in [0.2, 0.25) is 0 Å². The van der Waals surface area contributed by atoms with Crippen LogP contribution in [0.5, 0.6) is 11.5 Å². The second kappa shape index (κ2) is 11.3. The molecular formula is C26H31NO5. The van der Waals surface area contributed by atoms with Gasteiger partial charge in [-0.15, -0.1) is 0 Å². The third-order valence-corrected chi connectivity index (χ3v) is 5.64. The summed E-state index contributed by atoms with van der Waals surface area (Å²) in [5, 5.41) is 0. The van der Waals surface area contributed by atoms with Gasteiger partial charge in [0.25, 0.3) is 0 Å². The lowest BCUT2D eigenvalue weighted by Crippen LogP contribution is -2.42. The van der Waals surface area contributed by atoms with E-state index in [1.807, 2.05) is 43.3 Å². The maximum absolute atomic E-state index is 5.99. The van der Waals surface area contributed by atoms with Gasteiger partial charge in [0.15, 0.2) is 6.29 Å². The molecule has 2 aromatic rings. The van der Waals surface area contributed by atoms with Gasteiger partial charge in [-0.1, -0.05) is 18.1 Å². The van der Waals surface area contributed by atoms with Crippen LogP contribution in [0.1, 0.15) is 50.3 Å². The van der Waals surface area contributed by atoms with E-state index in [1.165, 1.54) is 6.42 Å². The summed E-state index contributed by atoms with van der Waals surface area (Å²) in [6.45, 7) is 3.24. The number of hydrogen-bond acceptors (Lipinski definition) is 6. The lowest BCUT2D eigenvalue weighted by molar-refractivity contribution is -0.214. The van der Waals surface area contributed by atoms with Crippen LogP contribution >= 0.6 is 0 Å². The van der Waals surface area contributed by atoms with E-state index in [0.717, 1.165) is 49.4 Å². The lowest BCUT2D eigenvalue weighted by Gasteiger charge is -2.37. The average molecular weight is 438 g/mol. The number of aromatic nitrogens is 1. The number of pyridine rings is 1. The molecule has 0 spiro atoms. The molecule has 0 radical (unpaired) electrons. The van der Waals surface area contributed by atoms with Gasteiger partial charge in [-0.2, -0.15) is 0 Å². The van der Waals surface area contributed by atoms with Gasteiger partial charge in [0.05, 0.1) is 26.0 Å². The summed E-state index contributed by atoms with van der Waals surface area (Å²) in [7, 11) is 1.65. The van der Waals surface area contributed by atoms with Crippen molar-refractivity contribution in [3.8, 4) is 23.3 Å². The fourth-order valence-corrected chi connectivity index (χ4v) is 3.63. The van der Waals surface area contributed by atoms with Gasteiger partial charge >= 0.3 is 0 Å². The molecule has 2 unspecified atom stereocenters. The molecule has 2 aliphatic rings. The van der Waals surface area contributed by atoms with E-state index in [1.54, 1.807) is 13.3 Å². The molecule has 1 aliphatic heterocycles. The third-order valence-electron chi connectivity index (χ3n) is 5.64. The molecule has 0 bridgehead atoms. The average Bonchev–Trinajstić information content (AvgIpc) is 2.82. The maximum atomic E-state index is 5.99. The van der Waals surface area contributed by atoms with Crippen molar-refractivity contribution in [3.63, 3.8) is 0 Å². The molecule has 1 aliphatic carbocycles. The zero-order valence-electron chi connectivity index (χ0n) is 18.8. The highest BCUT2D eigenvalue weighted by Gasteiger charge is 2.34. The van der Waals surface area contributed by atoms with Gasteiger partial charge in [0.1, 0.15) is 29.4 Å². The molecule has 170 valence electrons. The van der Waals surface area contributed by atoms with E-state index in [-0.39, 0.29) is 24.6 Å². The molecule has 4 rings (SSSR count). The fraction of sp³-hybridized carbons (Fsp3) is 0.500. The van der Waals surface area contributed by atoms with Crippen molar-refractivity contribution in [1.29, 1.82) is 0 Å². The second-order valence-electron chi connectivity index (χ2n) is 8.22. The zero-order valence-corrected chi connectivity index (χ0v) is 18.8. The standard InChI is InChI=1S/C26H31NO5/c1-19(30-18-20-7-11-22(28-2)12-8-20)6-9-21-10-13-23(17-27-21)31-24-15-25(16-24)32-26-5-3-4-14-29-26/h7-8,10-13,17,19,24-26H,3-5,14-16,18H2,1-2H3. The van der Waals surface area contributed by atoms with Crippen molar-refractivity contribution in [2.45, 2.75) is 70.2 Å². The molecule has 32 heavy (non-hydrogen) atoms. The number of ether oxygens (including phenoxy) is 5. The van der Waals surface area contributed by atoms with Crippen molar-refractivity contribution >= 4 is 0 Å². The number of methoxy groups -OCH3 is 1. The quantitative estimate of drug-likeness (QED) is 0.567. The van der Waals surface area contributed by atoms with E-state index in [2.05, 4.69) is 16.8 Å². The Balaban J connectivity index is 1.17. The molecule has 2 fully saturated rings. The molecule has 1 saturated carbocycles. The second-order valence-corrected chi connectivity index (χ2v) is 8.22. The molecular weight excluding hydrogens is 406 g/mol. The minimum absolute atomic E-state index is 0.0307. The van der Waals surface area contributed by atoms with Crippen LogP contribution in [0.3, 0.4) is 0 Å². The van der Waals surface area contributed by atoms with E-state index in [0.29, 0.717) is 12.3 Å². The first kappa shape index (κ1) is 22.6. The van der Waals surface area contributed by atoms with Crippen molar-refractivity contribution in [1.82, 2.24) is 4.98 Å². The smallest absolute Gasteiger partial charge is 0.157 e. The van der Waals surface area contributed by atoms with E-state index >= 15 is 0 Å². The lowest BCUT2D eigenvalue weighted by atomic mass is 9.92. The van der Waals surface area contributed by atoms with Crippen molar-refractivity contribution in [2.24, 2.45) is 0 Å². The number of benzene rings is 1. The van der Waals surface area contributed by atoms with Gasteiger partial charge in [-0.3, -0.25) is 0 Å². The first-order valence-corrected chi connectivity index (χ1v) is 11.3. The Hall–Kier alpha value is -2.59. The first-order valence-electron chi connectivity index (χ1n) is 11.3. The van der Waals surface area contributed by atoms with Crippen LogP contribution in [0, 0.1) is 11.8 Å². The van der Waals surface area contributed by atoms with E-state index in [9.17, 15) is 0 Å². The summed E-state index contributed by atoms with van der Waals surface area (Å²) in [6, 6.07) is 11.6. The van der Waals surface area contributed by atoms with Crippen molar-refractivity contribution in [2.75, 3.05) is 13.7 Å². The minimum Gasteiger partial charge on any atom is -0.497 e. The highest BCUT2D eigenvalue weighted by atomic mass is 16.7. The molecule has 0 N–H and O–H groups in total. The molecule has 6 heteroatoms. The SMILES string of the molecule is COc1ccc(COC(C)C#Cc2ccc(OC3CC(OC4CCCCO4)C3)cn2)cc1. The van der Waals surface area contributed by atoms with Gasteiger partial charge in [-0.25, -0.2) is 4.98 Å². The Kier molecular flexibility index (Phi) is 8.00. The molecule has 1 saturated heterocycles. The zero-order chi connectivity index (χ0) is 22.2. The molecule has 0 amide bonds. The Labute approximate surface area is 190 Å². The fourth-order valence-electron chi connectivity index (χ4n) is 3.63. The van der Waals surface area contributed by atoms with Crippen LogP contribution in [0.15, 0.2) is 42.6 Å². The molecule has 1 aromatic heterocycles. The minimum atomic E-state index is -0.199. The Morgan fingerprint density at radius 2 is 1.88 bits per heavy atom. The first-order chi connectivity index (χ1) is 15.7. The van der Waals surface area contributed by atoms with Crippen LogP contribution in [-0.2, 0) is 20.8 Å². The topological polar surface area (TPSA) is 59.0 Å². The molecule has 2 heterocycles. The van der Waals surface area contributed by atoms with E-state index < -0.39 is 0 Å². The highest BCUT2D eigenvalue weighted by Crippen LogP contribution is 2.30. The summed E-state index contributed by atoms with van der Waals surface area (Å²) in [5.74, 6) is 7.75. The summed E-state index contributed by atoms with van der Waals surface area (Å²) >= 11 is 0. The largest absolute Gasteiger partial charge is 0.497 e. The van der Waals surface area contributed by atoms with Gasteiger partial charge in [0, 0.05) is 19.4 Å². The Morgan fingerprint density at radius 1 is 1.06 bits per heavy atom.